The van der Waals surface area contributed by atoms with E-state index in [0.29, 0.717) is 17.3 Å². The molecule has 0 N–H and O–H groups in total. The van der Waals surface area contributed by atoms with Crippen LogP contribution in [0.4, 0.5) is 11.4 Å². The first kappa shape index (κ1) is 18.8. The Morgan fingerprint density at radius 3 is 1.50 bits per heavy atom. The predicted molar refractivity (Wildman–Crippen MR) is 91.0 cm³/mol. The molecule has 1 unspecified atom stereocenters. The molecule has 0 spiro atoms. The van der Waals surface area contributed by atoms with Gasteiger partial charge in [-0.15, -0.1) is 0 Å². The van der Waals surface area contributed by atoms with E-state index >= 15 is 0 Å². The number of hydrogen-bond donors (Lipinski definition) is 0. The van der Waals surface area contributed by atoms with Gasteiger partial charge in [-0.3, -0.25) is 0 Å². The molecule has 4 heteroatoms. The first-order valence-corrected chi connectivity index (χ1v) is 7.97. The zero-order chi connectivity index (χ0) is 17.3. The van der Waals surface area contributed by atoms with Crippen LogP contribution in [-0.2, 0) is 10.4 Å². The molecule has 0 saturated carbocycles. The summed E-state index contributed by atoms with van der Waals surface area (Å²) in [5.74, 6) is 0.306. The van der Waals surface area contributed by atoms with Crippen molar-refractivity contribution in [3.63, 3.8) is 0 Å². The van der Waals surface area contributed by atoms with E-state index in [1.54, 1.807) is 6.07 Å². The van der Waals surface area contributed by atoms with Crippen LogP contribution in [0.1, 0.15) is 73.3 Å². The van der Waals surface area contributed by atoms with Crippen molar-refractivity contribution < 1.29 is 10.4 Å². The first-order valence-electron chi connectivity index (χ1n) is 7.97. The summed E-state index contributed by atoms with van der Waals surface area (Å²) in [6.07, 6.45) is 0.964. The lowest BCUT2D eigenvalue weighted by Gasteiger charge is -2.33. The van der Waals surface area contributed by atoms with Crippen LogP contribution in [0.25, 0.3) is 0 Å². The minimum Gasteiger partial charge on any atom is -0.215 e. The molecular weight excluding hydrogens is 276 g/mol. The summed E-state index contributed by atoms with van der Waals surface area (Å²) in [6, 6.07) is 5.52. The third-order valence-corrected chi connectivity index (χ3v) is 3.79. The maximum atomic E-state index is 12.5. The highest BCUT2D eigenvalue weighted by Gasteiger charge is 2.26. The smallest absolute Gasteiger partial charge is 0.0698 e. The Bertz CT molecular complexity index is 463. The number of hydroxylamine groups is 2. The summed E-state index contributed by atoms with van der Waals surface area (Å²) in [7, 11) is 0. The highest BCUT2D eigenvalue weighted by Crippen LogP contribution is 2.34. The number of anilines is 2. The highest BCUT2D eigenvalue weighted by molar-refractivity contribution is 5.61. The van der Waals surface area contributed by atoms with E-state index in [-0.39, 0.29) is 0 Å². The summed E-state index contributed by atoms with van der Waals surface area (Å²) >= 11 is 0. The van der Waals surface area contributed by atoms with Crippen LogP contribution in [0.3, 0.4) is 0 Å². The van der Waals surface area contributed by atoms with Crippen LogP contribution in [0, 0.1) is 0 Å². The fraction of sp³-hybridized carbons (Fsp3) is 0.667. The van der Waals surface area contributed by atoms with Gasteiger partial charge in [0, 0.05) is 0 Å². The molecule has 0 aromatic heterocycles. The molecule has 1 aromatic rings. The van der Waals surface area contributed by atoms with Gasteiger partial charge in [-0.05, 0) is 77.6 Å². The van der Waals surface area contributed by atoms with E-state index in [1.807, 2.05) is 53.7 Å². The Balaban J connectivity index is 3.40. The fourth-order valence-corrected chi connectivity index (χ4v) is 2.15. The Hall–Kier alpha value is -1.26. The molecule has 0 saturated heterocycles. The Morgan fingerprint density at radius 1 is 0.864 bits per heavy atom. The molecular formula is C18H30N2O2. The highest BCUT2D eigenvalue weighted by atomic mass is 16.5. The Labute approximate surface area is 135 Å². The molecule has 124 valence electrons. The summed E-state index contributed by atoms with van der Waals surface area (Å²) in [5.41, 5.74) is 1.04. The molecule has 1 aromatic carbocycles. The molecule has 0 fully saturated rings. The third kappa shape index (κ3) is 4.37. The second-order valence-electron chi connectivity index (χ2n) is 8.02. The summed E-state index contributed by atoms with van der Waals surface area (Å²) < 4.78 is 0. The standard InChI is InChI=1S/C18H30N2O2/c1-9-13(2)14-10-15(19(21)17(3,4)5)12-16(11-14)20(22)18(6,7)8/h10-13H,9H2,1-8H3. The molecule has 4 nitrogen and oxygen atoms in total. The van der Waals surface area contributed by atoms with Crippen molar-refractivity contribution in [2.45, 2.75) is 78.8 Å². The lowest BCUT2D eigenvalue weighted by Crippen LogP contribution is -2.39. The van der Waals surface area contributed by atoms with E-state index in [2.05, 4.69) is 13.8 Å². The first-order chi connectivity index (χ1) is 9.87. The number of benzene rings is 1. The maximum absolute atomic E-state index is 12.5. The zero-order valence-corrected chi connectivity index (χ0v) is 15.2. The molecule has 0 aliphatic carbocycles. The van der Waals surface area contributed by atoms with Crippen LogP contribution >= 0.6 is 0 Å². The number of rotatable bonds is 4. The van der Waals surface area contributed by atoms with Gasteiger partial charge in [0.2, 0.25) is 0 Å². The summed E-state index contributed by atoms with van der Waals surface area (Å²) in [6.45, 7) is 15.4. The molecule has 1 rings (SSSR count). The lowest BCUT2D eigenvalue weighted by molar-refractivity contribution is 0.0984. The SMILES string of the molecule is CCC(C)c1cc(N([O])C(C)(C)C)cc(N([O])C(C)(C)C)c1. The molecule has 22 heavy (non-hydrogen) atoms. The summed E-state index contributed by atoms with van der Waals surface area (Å²) in [4.78, 5) is 0. The average Bonchev–Trinajstić information content (AvgIpc) is 2.42. The molecule has 2 radical (unpaired) electrons. The van der Waals surface area contributed by atoms with Gasteiger partial charge >= 0.3 is 0 Å². The lowest BCUT2D eigenvalue weighted by atomic mass is 9.96. The minimum absolute atomic E-state index is 0.306. The van der Waals surface area contributed by atoms with E-state index in [4.69, 9.17) is 0 Å². The predicted octanol–water partition coefficient (Wildman–Crippen LogP) is 5.10. The third-order valence-electron chi connectivity index (χ3n) is 3.79. The molecule has 0 bridgehead atoms. The van der Waals surface area contributed by atoms with Crippen molar-refractivity contribution in [1.29, 1.82) is 0 Å². The van der Waals surface area contributed by atoms with Crippen LogP contribution in [0.15, 0.2) is 18.2 Å². The van der Waals surface area contributed by atoms with Gasteiger partial charge in [-0.2, -0.15) is 0 Å². The number of hydrogen-bond acceptors (Lipinski definition) is 2. The van der Waals surface area contributed by atoms with E-state index < -0.39 is 11.1 Å². The van der Waals surface area contributed by atoms with Crippen molar-refractivity contribution in [2.24, 2.45) is 0 Å². The molecule has 0 heterocycles. The molecule has 1 atom stereocenters. The van der Waals surface area contributed by atoms with Gasteiger partial charge in [0.05, 0.1) is 22.5 Å². The zero-order valence-electron chi connectivity index (χ0n) is 15.2. The van der Waals surface area contributed by atoms with E-state index in [9.17, 15) is 10.4 Å². The van der Waals surface area contributed by atoms with Gasteiger partial charge in [-0.25, -0.2) is 10.1 Å². The topological polar surface area (TPSA) is 46.3 Å². The van der Waals surface area contributed by atoms with Crippen LogP contribution in [-0.4, -0.2) is 11.1 Å². The van der Waals surface area contributed by atoms with Gasteiger partial charge in [0.25, 0.3) is 0 Å². The summed E-state index contributed by atoms with van der Waals surface area (Å²) in [5, 5.41) is 27.1. The Morgan fingerprint density at radius 2 is 1.23 bits per heavy atom. The number of nitrogens with zero attached hydrogens (tertiary/aromatic N) is 2. The second kappa shape index (κ2) is 6.47. The van der Waals surface area contributed by atoms with Gasteiger partial charge in [0.15, 0.2) is 0 Å². The van der Waals surface area contributed by atoms with Crippen molar-refractivity contribution in [2.75, 3.05) is 10.1 Å². The van der Waals surface area contributed by atoms with Crippen LogP contribution < -0.4 is 10.1 Å². The van der Waals surface area contributed by atoms with Crippen LogP contribution in [0.5, 0.6) is 0 Å². The monoisotopic (exact) mass is 306 g/mol. The molecule has 0 aliphatic heterocycles. The molecule has 0 aliphatic rings. The van der Waals surface area contributed by atoms with Gasteiger partial charge < -0.3 is 0 Å². The van der Waals surface area contributed by atoms with Crippen molar-refractivity contribution in [1.82, 2.24) is 0 Å². The molecule has 0 amide bonds. The van der Waals surface area contributed by atoms with Gasteiger partial charge in [-0.1, -0.05) is 24.3 Å². The fourth-order valence-electron chi connectivity index (χ4n) is 2.15. The van der Waals surface area contributed by atoms with Crippen molar-refractivity contribution >= 4 is 11.4 Å². The van der Waals surface area contributed by atoms with Crippen LogP contribution in [0.2, 0.25) is 0 Å². The van der Waals surface area contributed by atoms with Gasteiger partial charge in [0.1, 0.15) is 0 Å². The minimum atomic E-state index is -0.541. The normalized spacial score (nSPS) is 13.9. The Kier molecular flexibility index (Phi) is 5.52. The van der Waals surface area contributed by atoms with E-state index in [1.165, 1.54) is 0 Å². The van der Waals surface area contributed by atoms with Crippen molar-refractivity contribution in [3.05, 3.63) is 23.8 Å². The second-order valence-corrected chi connectivity index (χ2v) is 8.02. The quantitative estimate of drug-likeness (QED) is 0.726. The van der Waals surface area contributed by atoms with Crippen molar-refractivity contribution in [3.8, 4) is 0 Å². The largest absolute Gasteiger partial charge is 0.215 e. The van der Waals surface area contributed by atoms with E-state index in [0.717, 1.165) is 22.1 Å². The maximum Gasteiger partial charge on any atom is 0.0698 e. The average molecular weight is 306 g/mol.